The van der Waals surface area contributed by atoms with Gasteiger partial charge in [0.1, 0.15) is 5.01 Å². The molecule has 1 aromatic heterocycles. The van der Waals surface area contributed by atoms with Crippen LogP contribution < -0.4 is 5.32 Å². The van der Waals surface area contributed by atoms with Gasteiger partial charge in [-0.25, -0.2) is 0 Å². The third-order valence-corrected chi connectivity index (χ3v) is 4.37. The highest BCUT2D eigenvalue weighted by Crippen LogP contribution is 2.35. The number of hydrogen-bond acceptors (Lipinski definition) is 4. The predicted octanol–water partition coefficient (Wildman–Crippen LogP) is 3.58. The summed E-state index contributed by atoms with van der Waals surface area (Å²) in [7, 11) is 0. The third-order valence-electron chi connectivity index (χ3n) is 3.49. The van der Waals surface area contributed by atoms with Crippen LogP contribution in [0, 0.1) is 17.8 Å². The van der Waals surface area contributed by atoms with Crippen LogP contribution in [-0.2, 0) is 6.42 Å². The smallest absolute Gasteiger partial charge is 0.205 e. The summed E-state index contributed by atoms with van der Waals surface area (Å²) in [6.45, 7) is 9.06. The van der Waals surface area contributed by atoms with Gasteiger partial charge in [-0.2, -0.15) is 0 Å². The van der Waals surface area contributed by atoms with Crippen LogP contribution in [0.2, 0.25) is 0 Å². The normalized spacial score (nSPS) is 24.1. The molecule has 1 saturated carbocycles. The monoisotopic (exact) mass is 253 g/mol. The molecule has 0 aliphatic heterocycles. The van der Waals surface area contributed by atoms with Crippen molar-refractivity contribution in [1.29, 1.82) is 0 Å². The molecule has 17 heavy (non-hydrogen) atoms. The molecule has 0 unspecified atom stereocenters. The Labute approximate surface area is 108 Å². The molecule has 96 valence electrons. The first kappa shape index (κ1) is 12.8. The highest BCUT2D eigenvalue weighted by atomic mass is 32.1. The minimum atomic E-state index is 0.627. The van der Waals surface area contributed by atoms with Crippen LogP contribution in [0.25, 0.3) is 0 Å². The van der Waals surface area contributed by atoms with Gasteiger partial charge >= 0.3 is 0 Å². The average Bonchev–Trinajstić information content (AvgIpc) is 2.56. The van der Waals surface area contributed by atoms with E-state index in [0.29, 0.717) is 12.0 Å². The number of rotatable bonds is 5. The van der Waals surface area contributed by atoms with E-state index in [-0.39, 0.29) is 0 Å². The van der Waals surface area contributed by atoms with Crippen LogP contribution >= 0.6 is 11.3 Å². The van der Waals surface area contributed by atoms with E-state index in [1.54, 1.807) is 11.3 Å². The molecular formula is C13H23N3S. The van der Waals surface area contributed by atoms with Crippen molar-refractivity contribution in [2.45, 2.75) is 53.0 Å². The van der Waals surface area contributed by atoms with E-state index in [2.05, 4.69) is 43.2 Å². The van der Waals surface area contributed by atoms with Crippen molar-refractivity contribution < 1.29 is 0 Å². The molecule has 3 nitrogen and oxygen atoms in total. The Bertz CT molecular complexity index is 353. The summed E-state index contributed by atoms with van der Waals surface area (Å²) in [5.41, 5.74) is 0. The van der Waals surface area contributed by atoms with Crippen LogP contribution in [0.5, 0.6) is 0 Å². The maximum Gasteiger partial charge on any atom is 0.205 e. The lowest BCUT2D eigenvalue weighted by Crippen LogP contribution is -2.37. The van der Waals surface area contributed by atoms with Crippen molar-refractivity contribution in [3.63, 3.8) is 0 Å². The summed E-state index contributed by atoms with van der Waals surface area (Å²) in [5, 5.41) is 14.1. The fraction of sp³-hybridized carbons (Fsp3) is 0.846. The summed E-state index contributed by atoms with van der Waals surface area (Å²) < 4.78 is 0. The first-order valence-corrected chi connectivity index (χ1v) is 7.45. The summed E-state index contributed by atoms with van der Waals surface area (Å²) in [6, 6.07) is 0.627. The molecule has 0 aromatic carbocycles. The lowest BCUT2D eigenvalue weighted by Gasteiger charge is -2.38. The lowest BCUT2D eigenvalue weighted by atomic mass is 9.74. The van der Waals surface area contributed by atoms with Crippen LogP contribution in [0.3, 0.4) is 0 Å². The maximum atomic E-state index is 4.23. The van der Waals surface area contributed by atoms with E-state index >= 15 is 0 Å². The van der Waals surface area contributed by atoms with Crippen molar-refractivity contribution in [3.05, 3.63) is 5.01 Å². The quantitative estimate of drug-likeness (QED) is 0.871. The van der Waals surface area contributed by atoms with Crippen molar-refractivity contribution in [1.82, 2.24) is 10.2 Å². The van der Waals surface area contributed by atoms with Gasteiger partial charge in [0, 0.05) is 12.5 Å². The summed E-state index contributed by atoms with van der Waals surface area (Å²) >= 11 is 1.72. The zero-order valence-electron chi connectivity index (χ0n) is 11.2. The summed E-state index contributed by atoms with van der Waals surface area (Å²) in [6.07, 6.45) is 3.62. The third kappa shape index (κ3) is 3.41. The summed E-state index contributed by atoms with van der Waals surface area (Å²) in [5.74, 6) is 2.37. The van der Waals surface area contributed by atoms with Gasteiger partial charge in [0.05, 0.1) is 0 Å². The van der Waals surface area contributed by atoms with E-state index in [0.717, 1.165) is 28.4 Å². The van der Waals surface area contributed by atoms with E-state index in [4.69, 9.17) is 0 Å². The average molecular weight is 253 g/mol. The Hall–Kier alpha value is -0.640. The molecule has 2 rings (SSSR count). The molecule has 1 heterocycles. The zero-order valence-corrected chi connectivity index (χ0v) is 12.0. The van der Waals surface area contributed by atoms with Gasteiger partial charge in [-0.05, 0) is 30.6 Å². The number of aromatic nitrogens is 2. The molecule has 0 radical (unpaired) electrons. The number of hydrogen-bond donors (Lipinski definition) is 1. The van der Waals surface area contributed by atoms with Gasteiger partial charge in [-0.3, -0.25) is 0 Å². The molecular weight excluding hydrogens is 230 g/mol. The van der Waals surface area contributed by atoms with Crippen molar-refractivity contribution in [2.75, 3.05) is 5.32 Å². The van der Waals surface area contributed by atoms with Crippen molar-refractivity contribution in [2.24, 2.45) is 17.8 Å². The van der Waals surface area contributed by atoms with Gasteiger partial charge in [0.25, 0.3) is 0 Å². The van der Waals surface area contributed by atoms with Crippen LogP contribution in [0.4, 0.5) is 5.13 Å². The minimum Gasteiger partial charge on any atom is -0.357 e. The molecule has 4 heteroatoms. The molecule has 0 amide bonds. The zero-order chi connectivity index (χ0) is 12.4. The Morgan fingerprint density at radius 3 is 2.53 bits per heavy atom. The maximum absolute atomic E-state index is 4.23. The van der Waals surface area contributed by atoms with Crippen LogP contribution in [0.1, 0.15) is 45.5 Å². The molecule has 1 aliphatic carbocycles. The second-order valence-corrected chi connectivity index (χ2v) is 6.98. The Kier molecular flexibility index (Phi) is 4.02. The summed E-state index contributed by atoms with van der Waals surface area (Å²) in [4.78, 5) is 0. The molecule has 0 spiro atoms. The molecule has 1 aliphatic rings. The highest BCUT2D eigenvalue weighted by Gasteiger charge is 2.31. The Balaban J connectivity index is 1.79. The first-order chi connectivity index (χ1) is 8.04. The highest BCUT2D eigenvalue weighted by molar-refractivity contribution is 7.15. The molecule has 0 atom stereocenters. The number of nitrogens with zero attached hydrogens (tertiary/aromatic N) is 2. The number of nitrogens with one attached hydrogen (secondary N) is 1. The van der Waals surface area contributed by atoms with Gasteiger partial charge < -0.3 is 5.32 Å². The Morgan fingerprint density at radius 1 is 1.24 bits per heavy atom. The topological polar surface area (TPSA) is 37.8 Å². The van der Waals surface area contributed by atoms with Gasteiger partial charge in [-0.1, -0.05) is 39.0 Å². The molecule has 1 fully saturated rings. The molecule has 1 N–H and O–H groups in total. The fourth-order valence-electron chi connectivity index (χ4n) is 2.24. The second kappa shape index (κ2) is 5.34. The molecule has 0 bridgehead atoms. The van der Waals surface area contributed by atoms with E-state index in [9.17, 15) is 0 Å². The fourth-order valence-corrected chi connectivity index (χ4v) is 3.27. The van der Waals surface area contributed by atoms with Crippen LogP contribution in [-0.4, -0.2) is 16.2 Å². The van der Waals surface area contributed by atoms with Crippen molar-refractivity contribution in [3.8, 4) is 0 Å². The standard InChI is InChI=1S/C13H23N3S/c1-8(2)5-12-15-16-13(17-12)14-11-6-10(7-11)9(3)4/h8-11H,5-7H2,1-4H3,(H,14,16). The first-order valence-electron chi connectivity index (χ1n) is 6.63. The molecule has 1 aromatic rings. The van der Waals surface area contributed by atoms with Crippen molar-refractivity contribution >= 4 is 16.5 Å². The second-order valence-electron chi connectivity index (χ2n) is 5.92. The largest absolute Gasteiger partial charge is 0.357 e. The van der Waals surface area contributed by atoms with Crippen LogP contribution in [0.15, 0.2) is 0 Å². The molecule has 0 saturated heterocycles. The SMILES string of the molecule is CC(C)Cc1nnc(NC2CC(C(C)C)C2)s1. The Morgan fingerprint density at radius 2 is 1.94 bits per heavy atom. The number of anilines is 1. The van der Waals surface area contributed by atoms with E-state index < -0.39 is 0 Å². The lowest BCUT2D eigenvalue weighted by molar-refractivity contribution is 0.211. The van der Waals surface area contributed by atoms with Gasteiger partial charge in [0.15, 0.2) is 0 Å². The minimum absolute atomic E-state index is 0.627. The van der Waals surface area contributed by atoms with Gasteiger partial charge in [-0.15, -0.1) is 10.2 Å². The predicted molar refractivity (Wildman–Crippen MR) is 73.4 cm³/mol. The van der Waals surface area contributed by atoms with Gasteiger partial charge in [0.2, 0.25) is 5.13 Å². The van der Waals surface area contributed by atoms with E-state index in [1.165, 1.54) is 12.8 Å². The van der Waals surface area contributed by atoms with E-state index in [1.807, 2.05) is 0 Å².